The molecule has 2 heterocycles. The minimum absolute atomic E-state index is 0.0175. The van der Waals surface area contributed by atoms with E-state index in [1.807, 2.05) is 35.2 Å². The fourth-order valence-corrected chi connectivity index (χ4v) is 6.56. The molecule has 4 aromatic rings. The molecule has 1 aliphatic heterocycles. The Labute approximate surface area is 229 Å². The number of hydrogen-bond donors (Lipinski definition) is 1. The summed E-state index contributed by atoms with van der Waals surface area (Å²) >= 11 is 0. The second kappa shape index (κ2) is 11.0. The van der Waals surface area contributed by atoms with Gasteiger partial charge in [-0.1, -0.05) is 30.3 Å². The summed E-state index contributed by atoms with van der Waals surface area (Å²) in [5.74, 6) is 0.769. The van der Waals surface area contributed by atoms with Crippen LogP contribution < -0.4 is 9.46 Å². The predicted molar refractivity (Wildman–Crippen MR) is 152 cm³/mol. The van der Waals surface area contributed by atoms with Gasteiger partial charge in [-0.25, -0.2) is 8.42 Å². The average molecular weight is 545 g/mol. The van der Waals surface area contributed by atoms with E-state index in [2.05, 4.69) is 34.5 Å². The number of carbonyl (C=O) groups excluding carboxylic acids is 1. The Morgan fingerprint density at radius 2 is 1.67 bits per heavy atom. The van der Waals surface area contributed by atoms with Crippen LogP contribution >= 0.6 is 0 Å². The molecular weight excluding hydrogens is 512 g/mol. The quantitative estimate of drug-likeness (QED) is 0.360. The summed E-state index contributed by atoms with van der Waals surface area (Å²) in [6, 6.07) is 23.3. The van der Waals surface area contributed by atoms with Crippen molar-refractivity contribution < 1.29 is 17.9 Å². The Hall–Kier alpha value is -3.95. The molecule has 0 radical (unpaired) electrons. The third-order valence-electron chi connectivity index (χ3n) is 7.04. The van der Waals surface area contributed by atoms with Gasteiger partial charge in [0.05, 0.1) is 12.6 Å². The van der Waals surface area contributed by atoms with Crippen LogP contribution in [0.2, 0.25) is 0 Å². The number of methoxy groups -OCH3 is 1. The van der Waals surface area contributed by atoms with E-state index in [0.29, 0.717) is 16.8 Å². The van der Waals surface area contributed by atoms with Crippen LogP contribution in [0.1, 0.15) is 29.8 Å². The second-order valence-electron chi connectivity index (χ2n) is 9.97. The second-order valence-corrected chi connectivity index (χ2v) is 11.6. The highest BCUT2D eigenvalue weighted by molar-refractivity contribution is 7.93. The summed E-state index contributed by atoms with van der Waals surface area (Å²) in [5, 5.41) is 0.744. The van der Waals surface area contributed by atoms with Crippen LogP contribution in [-0.2, 0) is 16.6 Å². The van der Waals surface area contributed by atoms with Crippen molar-refractivity contribution in [2.45, 2.75) is 37.4 Å². The zero-order valence-electron chi connectivity index (χ0n) is 22.2. The van der Waals surface area contributed by atoms with Crippen molar-refractivity contribution in [3.05, 3.63) is 96.2 Å². The van der Waals surface area contributed by atoms with Crippen LogP contribution in [0.15, 0.2) is 90.0 Å². The van der Waals surface area contributed by atoms with Gasteiger partial charge in [-0.05, 0) is 67.9 Å². The van der Waals surface area contributed by atoms with E-state index in [1.165, 1.54) is 11.6 Å². The first-order valence-electron chi connectivity index (χ1n) is 12.9. The van der Waals surface area contributed by atoms with Gasteiger partial charge >= 0.3 is 0 Å². The number of amides is 1. The van der Waals surface area contributed by atoms with Gasteiger partial charge in [0.25, 0.3) is 15.9 Å². The number of pyridine rings is 1. The molecule has 3 aromatic carbocycles. The molecule has 39 heavy (non-hydrogen) atoms. The molecule has 9 heteroatoms. The molecule has 1 fully saturated rings. The SMILES string of the molecule is COc1cccc(CN2C[C@@H](C)N(C(=O)c3ccc(NS(=O)(=O)c4cccc5cccnc45)cc3)[C@@H](C)C2)c1. The molecule has 0 unspecified atom stereocenters. The smallest absolute Gasteiger partial charge is 0.264 e. The third-order valence-corrected chi connectivity index (χ3v) is 8.45. The summed E-state index contributed by atoms with van der Waals surface area (Å²) in [6.45, 7) is 6.42. The molecule has 5 rings (SSSR count). The minimum atomic E-state index is -3.87. The fourth-order valence-electron chi connectivity index (χ4n) is 5.32. The Kier molecular flexibility index (Phi) is 7.54. The number of nitrogens with zero attached hydrogens (tertiary/aromatic N) is 3. The Morgan fingerprint density at radius 3 is 2.38 bits per heavy atom. The molecule has 1 saturated heterocycles. The molecule has 8 nitrogen and oxygen atoms in total. The van der Waals surface area contributed by atoms with Gasteiger partial charge in [-0.3, -0.25) is 19.4 Å². The van der Waals surface area contributed by atoms with E-state index in [0.717, 1.165) is 30.8 Å². The normalized spacial score (nSPS) is 18.2. The van der Waals surface area contributed by atoms with E-state index in [1.54, 1.807) is 49.7 Å². The molecule has 0 aliphatic carbocycles. The van der Waals surface area contributed by atoms with Gasteiger partial charge in [0, 0.05) is 54.6 Å². The maximum Gasteiger partial charge on any atom is 0.264 e. The number of hydrogen-bond acceptors (Lipinski definition) is 6. The number of aromatic nitrogens is 1. The van der Waals surface area contributed by atoms with Crippen LogP contribution in [0.3, 0.4) is 0 Å². The van der Waals surface area contributed by atoms with Crippen LogP contribution in [0, 0.1) is 0 Å². The first kappa shape index (κ1) is 26.6. The lowest BCUT2D eigenvalue weighted by Gasteiger charge is -2.44. The van der Waals surface area contributed by atoms with Crippen molar-refractivity contribution >= 4 is 32.5 Å². The van der Waals surface area contributed by atoms with E-state index < -0.39 is 10.0 Å². The van der Waals surface area contributed by atoms with Crippen LogP contribution in [0.4, 0.5) is 5.69 Å². The van der Waals surface area contributed by atoms with Gasteiger partial charge in [-0.2, -0.15) is 0 Å². The number of nitrogens with one attached hydrogen (secondary N) is 1. The van der Waals surface area contributed by atoms with Crippen molar-refractivity contribution in [1.82, 2.24) is 14.8 Å². The minimum Gasteiger partial charge on any atom is -0.497 e. The lowest BCUT2D eigenvalue weighted by atomic mass is 10.0. The first-order chi connectivity index (χ1) is 18.7. The Balaban J connectivity index is 1.26. The topological polar surface area (TPSA) is 91.8 Å². The number of benzene rings is 3. The van der Waals surface area contributed by atoms with Crippen LogP contribution in [0.25, 0.3) is 10.9 Å². The van der Waals surface area contributed by atoms with Gasteiger partial charge in [0.15, 0.2) is 0 Å². The Bertz CT molecular complexity index is 1570. The fraction of sp³-hybridized carbons (Fsp3) is 0.267. The molecule has 0 saturated carbocycles. The summed E-state index contributed by atoms with van der Waals surface area (Å²) in [5.41, 5.74) is 2.48. The summed E-state index contributed by atoms with van der Waals surface area (Å²) < 4.78 is 34.2. The highest BCUT2D eigenvalue weighted by Gasteiger charge is 2.33. The number of anilines is 1. The Morgan fingerprint density at radius 1 is 0.974 bits per heavy atom. The lowest BCUT2D eigenvalue weighted by Crippen LogP contribution is -2.58. The van der Waals surface area contributed by atoms with Gasteiger partial charge in [-0.15, -0.1) is 0 Å². The maximum atomic E-state index is 13.5. The molecule has 0 spiro atoms. The monoisotopic (exact) mass is 544 g/mol. The van der Waals surface area contributed by atoms with Crippen molar-refractivity contribution in [2.75, 3.05) is 24.9 Å². The third kappa shape index (κ3) is 5.74. The first-order valence-corrected chi connectivity index (χ1v) is 14.4. The van der Waals surface area contributed by atoms with E-state index in [-0.39, 0.29) is 22.9 Å². The van der Waals surface area contributed by atoms with Crippen LogP contribution in [-0.4, -0.2) is 61.4 Å². The lowest BCUT2D eigenvalue weighted by molar-refractivity contribution is 0.0268. The highest BCUT2D eigenvalue weighted by Crippen LogP contribution is 2.25. The average Bonchev–Trinajstić information content (AvgIpc) is 2.92. The van der Waals surface area contributed by atoms with Gasteiger partial charge in [0.1, 0.15) is 10.6 Å². The van der Waals surface area contributed by atoms with Crippen LogP contribution in [0.5, 0.6) is 5.75 Å². The van der Waals surface area contributed by atoms with E-state index in [9.17, 15) is 13.2 Å². The molecule has 1 aromatic heterocycles. The predicted octanol–water partition coefficient (Wildman–Crippen LogP) is 4.78. The number of sulfonamides is 1. The molecule has 1 aliphatic rings. The summed E-state index contributed by atoms with van der Waals surface area (Å²) in [7, 11) is -2.20. The molecule has 1 amide bonds. The molecular formula is C30H32N4O4S. The van der Waals surface area contributed by atoms with Crippen molar-refractivity contribution in [1.29, 1.82) is 0 Å². The summed E-state index contributed by atoms with van der Waals surface area (Å²) in [4.78, 5) is 22.1. The van der Waals surface area contributed by atoms with Crippen molar-refractivity contribution in [2.24, 2.45) is 0 Å². The molecule has 2 atom stereocenters. The largest absolute Gasteiger partial charge is 0.497 e. The van der Waals surface area contributed by atoms with Gasteiger partial charge < -0.3 is 9.64 Å². The van der Waals surface area contributed by atoms with Crippen molar-refractivity contribution in [3.63, 3.8) is 0 Å². The number of ether oxygens (including phenoxy) is 1. The van der Waals surface area contributed by atoms with E-state index >= 15 is 0 Å². The zero-order chi connectivity index (χ0) is 27.6. The standard InChI is InChI=1S/C30H32N4O4S/c1-21-18-33(20-23-7-4-10-27(17-23)38-3)19-22(2)34(21)30(35)25-12-14-26(15-13-25)32-39(36,37)28-11-5-8-24-9-6-16-31-29(24)28/h4-17,21-22,32H,18-20H2,1-3H3/t21-,22+. The number of para-hydroxylation sites is 1. The van der Waals surface area contributed by atoms with E-state index in [4.69, 9.17) is 4.74 Å². The molecule has 0 bridgehead atoms. The number of fused-ring (bicyclic) bond motifs is 1. The highest BCUT2D eigenvalue weighted by atomic mass is 32.2. The summed E-state index contributed by atoms with van der Waals surface area (Å²) in [6.07, 6.45) is 1.57. The molecule has 202 valence electrons. The van der Waals surface area contributed by atoms with Crippen molar-refractivity contribution in [3.8, 4) is 5.75 Å². The molecule has 1 N–H and O–H groups in total. The number of rotatable bonds is 7. The van der Waals surface area contributed by atoms with Gasteiger partial charge in [0.2, 0.25) is 0 Å². The number of carbonyl (C=O) groups is 1. The maximum absolute atomic E-state index is 13.5. The zero-order valence-corrected chi connectivity index (χ0v) is 23.1. The number of piperazine rings is 1.